The average Bonchev–Trinajstić information content (AvgIpc) is 2.13. The molecule has 0 aliphatic carbocycles. The smallest absolute Gasteiger partial charge is 0.213 e. The quantitative estimate of drug-likeness (QED) is 0.705. The normalized spacial score (nSPS) is 18.8. The average molecular weight is 194 g/mol. The first-order chi connectivity index (χ1) is 6.64. The molecule has 1 saturated heterocycles. The molecule has 2 rings (SSSR count). The first-order valence-corrected chi connectivity index (χ1v) is 4.60. The molecule has 1 fully saturated rings. The molecule has 2 heterocycles. The Labute approximate surface area is 82.9 Å². The molecule has 76 valence electrons. The van der Waals surface area contributed by atoms with Crippen LogP contribution in [-0.4, -0.2) is 30.3 Å². The van der Waals surface area contributed by atoms with Crippen molar-refractivity contribution in [1.82, 2.24) is 10.3 Å². The number of methoxy groups -OCH3 is 1. The molecule has 14 heavy (non-hydrogen) atoms. The molecule has 0 amide bonds. The van der Waals surface area contributed by atoms with Crippen molar-refractivity contribution in [2.75, 3.05) is 20.2 Å². The molecule has 0 saturated carbocycles. The zero-order chi connectivity index (χ0) is 10.2. The second-order valence-electron chi connectivity index (χ2n) is 3.67. The molecular formula is C10H14N2O2. The van der Waals surface area contributed by atoms with Gasteiger partial charge in [0, 0.05) is 24.8 Å². The van der Waals surface area contributed by atoms with E-state index in [0.717, 1.165) is 11.3 Å². The first kappa shape index (κ1) is 9.43. The summed E-state index contributed by atoms with van der Waals surface area (Å²) in [4.78, 5) is 4.17. The molecule has 0 radical (unpaired) electrons. The van der Waals surface area contributed by atoms with E-state index < -0.39 is 5.60 Å². The topological polar surface area (TPSA) is 54.4 Å². The number of hydrogen-bond donors (Lipinski definition) is 2. The fourth-order valence-corrected chi connectivity index (χ4v) is 1.58. The Morgan fingerprint density at radius 3 is 2.71 bits per heavy atom. The van der Waals surface area contributed by atoms with E-state index in [2.05, 4.69) is 10.3 Å². The van der Waals surface area contributed by atoms with Crippen molar-refractivity contribution < 1.29 is 9.84 Å². The van der Waals surface area contributed by atoms with Crippen molar-refractivity contribution in [3.8, 4) is 5.88 Å². The lowest BCUT2D eigenvalue weighted by molar-refractivity contribution is -0.0149. The maximum Gasteiger partial charge on any atom is 0.213 e. The molecule has 0 bridgehead atoms. The van der Waals surface area contributed by atoms with E-state index in [4.69, 9.17) is 4.74 Å². The van der Waals surface area contributed by atoms with E-state index in [1.165, 1.54) is 0 Å². The maximum absolute atomic E-state index is 10.1. The fourth-order valence-electron chi connectivity index (χ4n) is 1.58. The highest BCUT2D eigenvalue weighted by atomic mass is 16.5. The lowest BCUT2D eigenvalue weighted by Gasteiger charge is -2.38. The Kier molecular flexibility index (Phi) is 2.17. The highest BCUT2D eigenvalue weighted by Gasteiger charge is 2.36. The summed E-state index contributed by atoms with van der Waals surface area (Å²) in [6, 6.07) is 3.68. The van der Waals surface area contributed by atoms with Gasteiger partial charge >= 0.3 is 0 Å². The van der Waals surface area contributed by atoms with Crippen molar-refractivity contribution in [3.63, 3.8) is 0 Å². The molecule has 4 heteroatoms. The van der Waals surface area contributed by atoms with Gasteiger partial charge < -0.3 is 15.2 Å². The van der Waals surface area contributed by atoms with Crippen molar-refractivity contribution >= 4 is 0 Å². The molecular weight excluding hydrogens is 180 g/mol. The molecule has 1 aliphatic heterocycles. The molecule has 1 aromatic rings. The minimum Gasteiger partial charge on any atom is -0.481 e. The molecule has 2 N–H and O–H groups in total. The molecule has 0 atom stereocenters. The van der Waals surface area contributed by atoms with E-state index in [1.807, 2.05) is 13.0 Å². The summed E-state index contributed by atoms with van der Waals surface area (Å²) >= 11 is 0. The summed E-state index contributed by atoms with van der Waals surface area (Å²) in [5.74, 6) is 0.556. The van der Waals surface area contributed by atoms with Crippen molar-refractivity contribution in [2.45, 2.75) is 12.5 Å². The Balaban J connectivity index is 2.37. The van der Waals surface area contributed by atoms with Gasteiger partial charge in [0.2, 0.25) is 5.88 Å². The summed E-state index contributed by atoms with van der Waals surface area (Å²) < 4.78 is 5.06. The van der Waals surface area contributed by atoms with Gasteiger partial charge in [0.1, 0.15) is 5.60 Å². The molecule has 1 aliphatic rings. The van der Waals surface area contributed by atoms with Crippen LogP contribution in [0, 0.1) is 6.92 Å². The van der Waals surface area contributed by atoms with E-state index in [-0.39, 0.29) is 0 Å². The SMILES string of the molecule is COc1cc(C2(O)CNC2)cc(C)n1. The minimum atomic E-state index is -0.735. The number of aromatic nitrogens is 1. The van der Waals surface area contributed by atoms with Crippen LogP contribution in [0.3, 0.4) is 0 Å². The van der Waals surface area contributed by atoms with Crippen LogP contribution in [-0.2, 0) is 5.60 Å². The predicted octanol–water partition coefficient (Wildman–Crippen LogP) is 0.189. The summed E-state index contributed by atoms with van der Waals surface area (Å²) in [5, 5.41) is 13.1. The summed E-state index contributed by atoms with van der Waals surface area (Å²) in [6.45, 7) is 3.08. The number of nitrogens with one attached hydrogen (secondary N) is 1. The van der Waals surface area contributed by atoms with Gasteiger partial charge in [0.05, 0.1) is 7.11 Å². The van der Waals surface area contributed by atoms with Gasteiger partial charge in [-0.3, -0.25) is 0 Å². The minimum absolute atomic E-state index is 0.556. The van der Waals surface area contributed by atoms with Gasteiger partial charge in [0.15, 0.2) is 0 Å². The van der Waals surface area contributed by atoms with E-state index in [9.17, 15) is 5.11 Å². The number of ether oxygens (including phenoxy) is 1. The number of nitrogens with zero attached hydrogens (tertiary/aromatic N) is 1. The van der Waals surface area contributed by atoms with Crippen LogP contribution in [0.4, 0.5) is 0 Å². The summed E-state index contributed by atoms with van der Waals surface area (Å²) in [5.41, 5.74) is 1.00. The summed E-state index contributed by atoms with van der Waals surface area (Å²) in [7, 11) is 1.58. The highest BCUT2D eigenvalue weighted by molar-refractivity contribution is 5.32. The van der Waals surface area contributed by atoms with Crippen molar-refractivity contribution in [2.24, 2.45) is 0 Å². The van der Waals surface area contributed by atoms with Crippen LogP contribution < -0.4 is 10.1 Å². The number of hydrogen-bond acceptors (Lipinski definition) is 4. The molecule has 0 spiro atoms. The monoisotopic (exact) mass is 194 g/mol. The zero-order valence-corrected chi connectivity index (χ0v) is 8.37. The van der Waals surface area contributed by atoms with Crippen LogP contribution in [0.15, 0.2) is 12.1 Å². The van der Waals surface area contributed by atoms with Crippen LogP contribution in [0.1, 0.15) is 11.3 Å². The van der Waals surface area contributed by atoms with Crippen molar-refractivity contribution in [3.05, 3.63) is 23.4 Å². The molecule has 1 aromatic heterocycles. The first-order valence-electron chi connectivity index (χ1n) is 4.60. The molecule has 4 nitrogen and oxygen atoms in total. The zero-order valence-electron chi connectivity index (χ0n) is 8.37. The number of β-amino-alcohol motifs (C(OH)–C–C–N with tert-alkyl or cyclic N) is 1. The Hall–Kier alpha value is -1.13. The van der Waals surface area contributed by atoms with Gasteiger partial charge in [-0.2, -0.15) is 0 Å². The van der Waals surface area contributed by atoms with Crippen LogP contribution >= 0.6 is 0 Å². The van der Waals surface area contributed by atoms with Gasteiger partial charge in [-0.15, -0.1) is 0 Å². The Bertz CT molecular complexity index is 348. The number of aryl methyl sites for hydroxylation is 1. The fraction of sp³-hybridized carbons (Fsp3) is 0.500. The van der Waals surface area contributed by atoms with Gasteiger partial charge in [0.25, 0.3) is 0 Å². The lowest BCUT2D eigenvalue weighted by Crippen LogP contribution is -2.56. The third kappa shape index (κ3) is 1.47. The number of aliphatic hydroxyl groups is 1. The largest absolute Gasteiger partial charge is 0.481 e. The number of rotatable bonds is 2. The second-order valence-corrected chi connectivity index (χ2v) is 3.67. The Morgan fingerprint density at radius 1 is 1.50 bits per heavy atom. The van der Waals surface area contributed by atoms with E-state index >= 15 is 0 Å². The van der Waals surface area contributed by atoms with Gasteiger partial charge in [-0.1, -0.05) is 0 Å². The third-order valence-corrected chi connectivity index (χ3v) is 2.51. The van der Waals surface area contributed by atoms with Gasteiger partial charge in [-0.05, 0) is 18.6 Å². The lowest BCUT2D eigenvalue weighted by atomic mass is 9.88. The molecule has 0 aromatic carbocycles. The third-order valence-electron chi connectivity index (χ3n) is 2.51. The predicted molar refractivity (Wildman–Crippen MR) is 52.3 cm³/mol. The summed E-state index contributed by atoms with van der Waals surface area (Å²) in [6.07, 6.45) is 0. The van der Waals surface area contributed by atoms with E-state index in [1.54, 1.807) is 13.2 Å². The van der Waals surface area contributed by atoms with Crippen LogP contribution in [0.5, 0.6) is 5.88 Å². The standard InChI is InChI=1S/C10H14N2O2/c1-7-3-8(4-9(12-7)14-2)10(13)5-11-6-10/h3-4,11,13H,5-6H2,1-2H3. The molecule has 0 unspecified atom stereocenters. The highest BCUT2D eigenvalue weighted by Crippen LogP contribution is 2.27. The van der Waals surface area contributed by atoms with Crippen LogP contribution in [0.25, 0.3) is 0 Å². The van der Waals surface area contributed by atoms with Crippen LogP contribution in [0.2, 0.25) is 0 Å². The maximum atomic E-state index is 10.1. The van der Waals surface area contributed by atoms with Gasteiger partial charge in [-0.25, -0.2) is 4.98 Å². The number of pyridine rings is 1. The van der Waals surface area contributed by atoms with E-state index in [0.29, 0.717) is 19.0 Å². The van der Waals surface area contributed by atoms with Crippen molar-refractivity contribution in [1.29, 1.82) is 0 Å². The Morgan fingerprint density at radius 2 is 2.21 bits per heavy atom. The second kappa shape index (κ2) is 3.22.